The van der Waals surface area contributed by atoms with E-state index in [1.54, 1.807) is 0 Å². The van der Waals surface area contributed by atoms with E-state index in [1.165, 1.54) is 0 Å². The molecule has 0 N–H and O–H groups in total. The third kappa shape index (κ3) is 19.9. The molecule has 0 aliphatic rings. The number of rotatable bonds is 21. The van der Waals surface area contributed by atoms with E-state index in [0.29, 0.717) is 25.7 Å². The van der Waals surface area contributed by atoms with Gasteiger partial charge in [-0.25, -0.2) is 0 Å². The zero-order chi connectivity index (χ0) is 21.6. The number of hydrogen-bond donors (Lipinski definition) is 0. The Morgan fingerprint density at radius 1 is 0.552 bits per heavy atom. The molecule has 0 aromatic heterocycles. The average molecular weight is 430 g/mol. The smallest absolute Gasteiger partial charge is 0.198 e. The number of nitrogens with zero attached hydrogens (tertiary/aromatic N) is 3. The summed E-state index contributed by atoms with van der Waals surface area (Å²) in [6.45, 7) is 0.555. The topological polar surface area (TPSA) is 85.0 Å². The molecule has 0 bridgehead atoms. The monoisotopic (exact) mass is 429 g/mol. The lowest BCUT2D eigenvalue weighted by Crippen LogP contribution is -2.30. The van der Waals surface area contributed by atoms with Crippen LogP contribution in [0.3, 0.4) is 0 Å². The maximum atomic E-state index is 13.5. The SMILES string of the molecule is N#CCCCCCCCCCCN(CCCCCCCCCCC#N)S(=O)(=O)F. The van der Waals surface area contributed by atoms with Crippen LogP contribution in [0.1, 0.15) is 116 Å². The molecule has 0 spiro atoms. The Bertz CT molecular complexity index is 521. The second-order valence-electron chi connectivity index (χ2n) is 7.81. The molecular formula is C22H40FN3O2S. The molecule has 0 saturated heterocycles. The third-order valence-electron chi connectivity index (χ3n) is 5.20. The van der Waals surface area contributed by atoms with Crippen LogP contribution in [0.2, 0.25) is 0 Å². The molecule has 0 fully saturated rings. The fourth-order valence-corrected chi connectivity index (χ4v) is 4.13. The number of nitriles is 2. The minimum absolute atomic E-state index is 0.278. The first kappa shape index (κ1) is 27.8. The molecule has 0 heterocycles. The Kier molecular flexibility index (Phi) is 19.3. The Morgan fingerprint density at radius 2 is 0.828 bits per heavy atom. The van der Waals surface area contributed by atoms with Gasteiger partial charge in [-0.1, -0.05) is 80.9 Å². The number of halogens is 1. The van der Waals surface area contributed by atoms with Gasteiger partial charge in [0.05, 0.1) is 12.1 Å². The molecule has 0 aliphatic carbocycles. The molecule has 0 unspecified atom stereocenters. The zero-order valence-electron chi connectivity index (χ0n) is 18.1. The second kappa shape index (κ2) is 20.1. The summed E-state index contributed by atoms with van der Waals surface area (Å²) >= 11 is 0. The average Bonchev–Trinajstić information content (AvgIpc) is 2.68. The van der Waals surface area contributed by atoms with Gasteiger partial charge in [-0.15, -0.1) is 0 Å². The Balaban J connectivity index is 3.66. The largest absolute Gasteiger partial charge is 0.374 e. The molecule has 0 aliphatic heterocycles. The van der Waals surface area contributed by atoms with Crippen LogP contribution in [0.15, 0.2) is 0 Å². The van der Waals surface area contributed by atoms with E-state index in [2.05, 4.69) is 12.1 Å². The minimum atomic E-state index is -4.60. The maximum absolute atomic E-state index is 13.5. The zero-order valence-corrected chi connectivity index (χ0v) is 18.9. The molecule has 0 amide bonds. The van der Waals surface area contributed by atoms with Crippen LogP contribution in [0, 0.1) is 22.7 Å². The van der Waals surface area contributed by atoms with Crippen molar-refractivity contribution in [3.63, 3.8) is 0 Å². The van der Waals surface area contributed by atoms with Crippen LogP contribution < -0.4 is 0 Å². The van der Waals surface area contributed by atoms with Crippen LogP contribution in [0.4, 0.5) is 3.89 Å². The highest BCUT2D eigenvalue weighted by Crippen LogP contribution is 2.14. The molecule has 168 valence electrons. The van der Waals surface area contributed by atoms with Crippen molar-refractivity contribution in [3.8, 4) is 12.1 Å². The molecule has 7 heteroatoms. The van der Waals surface area contributed by atoms with E-state index in [9.17, 15) is 12.3 Å². The van der Waals surface area contributed by atoms with Crippen molar-refractivity contribution < 1.29 is 12.3 Å². The number of unbranched alkanes of at least 4 members (excludes halogenated alkanes) is 16. The van der Waals surface area contributed by atoms with E-state index >= 15 is 0 Å². The standard InChI is InChI=1S/C22H40FN3O2S/c23-29(27,28)26(21-17-13-9-5-1-3-7-11-15-19-24)22-18-14-10-6-2-4-8-12-16-20-25/h1-18,21-22H2. The first-order valence-electron chi connectivity index (χ1n) is 11.5. The van der Waals surface area contributed by atoms with Crippen molar-refractivity contribution in [1.29, 1.82) is 10.5 Å². The summed E-state index contributed by atoms with van der Waals surface area (Å²) in [5, 5.41) is 16.9. The van der Waals surface area contributed by atoms with Crippen LogP contribution in [-0.4, -0.2) is 25.8 Å². The van der Waals surface area contributed by atoms with Crippen molar-refractivity contribution in [2.45, 2.75) is 116 Å². The quantitative estimate of drug-likeness (QED) is 0.152. The van der Waals surface area contributed by atoms with Gasteiger partial charge in [0.2, 0.25) is 0 Å². The van der Waals surface area contributed by atoms with Crippen molar-refractivity contribution in [3.05, 3.63) is 0 Å². The van der Waals surface area contributed by atoms with Gasteiger partial charge in [-0.2, -0.15) is 23.2 Å². The highest BCUT2D eigenvalue weighted by Gasteiger charge is 2.19. The van der Waals surface area contributed by atoms with Gasteiger partial charge in [0.1, 0.15) is 0 Å². The summed E-state index contributed by atoms with van der Waals surface area (Å²) in [4.78, 5) is 0. The summed E-state index contributed by atoms with van der Waals surface area (Å²) in [7, 11) is -4.60. The first-order chi connectivity index (χ1) is 14.0. The van der Waals surface area contributed by atoms with E-state index in [0.717, 1.165) is 94.2 Å². The van der Waals surface area contributed by atoms with Crippen molar-refractivity contribution in [1.82, 2.24) is 4.31 Å². The fourth-order valence-electron chi connectivity index (χ4n) is 3.44. The van der Waals surface area contributed by atoms with Gasteiger partial charge in [0.25, 0.3) is 0 Å². The van der Waals surface area contributed by atoms with Gasteiger partial charge in [-0.3, -0.25) is 0 Å². The molecule has 5 nitrogen and oxygen atoms in total. The Morgan fingerprint density at radius 3 is 1.10 bits per heavy atom. The molecule has 0 aromatic rings. The summed E-state index contributed by atoms with van der Waals surface area (Å²) in [5.74, 6) is 0. The van der Waals surface area contributed by atoms with E-state index < -0.39 is 10.4 Å². The predicted octanol–water partition coefficient (Wildman–Crippen LogP) is 6.57. The van der Waals surface area contributed by atoms with Gasteiger partial charge < -0.3 is 0 Å². The molecule has 0 rings (SSSR count). The fraction of sp³-hybridized carbons (Fsp3) is 0.909. The summed E-state index contributed by atoms with van der Waals surface area (Å²) < 4.78 is 37.1. The van der Waals surface area contributed by atoms with E-state index in [4.69, 9.17) is 10.5 Å². The molecule has 0 atom stereocenters. The lowest BCUT2D eigenvalue weighted by molar-refractivity contribution is 0.362. The van der Waals surface area contributed by atoms with Crippen molar-refractivity contribution in [2.24, 2.45) is 0 Å². The van der Waals surface area contributed by atoms with E-state index in [-0.39, 0.29) is 13.1 Å². The highest BCUT2D eigenvalue weighted by molar-refractivity contribution is 7.83. The highest BCUT2D eigenvalue weighted by atomic mass is 32.3. The molecule has 0 radical (unpaired) electrons. The number of hydrogen-bond acceptors (Lipinski definition) is 4. The van der Waals surface area contributed by atoms with Gasteiger partial charge in [0, 0.05) is 25.9 Å². The normalized spacial score (nSPS) is 11.4. The van der Waals surface area contributed by atoms with Gasteiger partial charge >= 0.3 is 10.4 Å². The lowest BCUT2D eigenvalue weighted by Gasteiger charge is -2.17. The van der Waals surface area contributed by atoms with Crippen LogP contribution in [0.25, 0.3) is 0 Å². The molecule has 0 aromatic carbocycles. The second-order valence-corrected chi connectivity index (χ2v) is 9.15. The summed E-state index contributed by atoms with van der Waals surface area (Å²) in [5.41, 5.74) is 0. The van der Waals surface area contributed by atoms with Gasteiger partial charge in [0.15, 0.2) is 0 Å². The van der Waals surface area contributed by atoms with Gasteiger partial charge in [-0.05, 0) is 25.7 Å². The molecule has 29 heavy (non-hydrogen) atoms. The maximum Gasteiger partial charge on any atom is 0.374 e. The third-order valence-corrected chi connectivity index (χ3v) is 6.18. The summed E-state index contributed by atoms with van der Waals surface area (Å²) in [6, 6.07) is 4.30. The van der Waals surface area contributed by atoms with Crippen LogP contribution in [0.5, 0.6) is 0 Å². The predicted molar refractivity (Wildman–Crippen MR) is 116 cm³/mol. The van der Waals surface area contributed by atoms with Crippen LogP contribution in [-0.2, 0) is 10.4 Å². The Hall–Kier alpha value is -1.18. The van der Waals surface area contributed by atoms with Crippen molar-refractivity contribution >= 4 is 10.4 Å². The first-order valence-corrected chi connectivity index (χ1v) is 12.8. The lowest BCUT2D eigenvalue weighted by atomic mass is 10.1. The van der Waals surface area contributed by atoms with E-state index in [1.807, 2.05) is 0 Å². The molecule has 0 saturated carbocycles. The van der Waals surface area contributed by atoms with Crippen LogP contribution >= 0.6 is 0 Å². The minimum Gasteiger partial charge on any atom is -0.198 e. The van der Waals surface area contributed by atoms with Crippen molar-refractivity contribution in [2.75, 3.05) is 13.1 Å². The summed E-state index contributed by atoms with van der Waals surface area (Å²) in [6.07, 6.45) is 17.6. The molecular weight excluding hydrogens is 389 g/mol. The Labute approximate surface area is 178 Å².